The maximum atomic E-state index is 11.0. The zero-order valence-electron chi connectivity index (χ0n) is 9.54. The molecule has 0 spiro atoms. The maximum Gasteiger partial charge on any atom is 0.339 e. The van der Waals surface area contributed by atoms with Crippen molar-refractivity contribution >= 4 is 5.97 Å². The minimum Gasteiger partial charge on any atom is -0.504 e. The van der Waals surface area contributed by atoms with Gasteiger partial charge in [-0.15, -0.1) is 0 Å². The van der Waals surface area contributed by atoms with Gasteiger partial charge in [0, 0.05) is 0 Å². The van der Waals surface area contributed by atoms with E-state index >= 15 is 0 Å². The van der Waals surface area contributed by atoms with Crippen molar-refractivity contribution in [3.05, 3.63) is 59.7 Å². The molecule has 2 aromatic carbocycles. The summed E-state index contributed by atoms with van der Waals surface area (Å²) in [4.78, 5) is 11.0. The number of phenolic OH excluding ortho intramolecular Hbond substituents is 1. The SMILES string of the molecule is O=C(O)c1cccc(O)c1OCc1ccccc1. The Hall–Kier alpha value is -2.49. The Labute approximate surface area is 104 Å². The molecule has 0 atom stereocenters. The van der Waals surface area contributed by atoms with Gasteiger partial charge in [0.1, 0.15) is 12.2 Å². The molecule has 92 valence electrons. The van der Waals surface area contributed by atoms with Crippen LogP contribution in [-0.4, -0.2) is 16.2 Å². The summed E-state index contributed by atoms with van der Waals surface area (Å²) in [5, 5.41) is 18.6. The summed E-state index contributed by atoms with van der Waals surface area (Å²) < 4.78 is 5.38. The third-order valence-electron chi connectivity index (χ3n) is 2.45. The zero-order valence-corrected chi connectivity index (χ0v) is 9.54. The van der Waals surface area contributed by atoms with Crippen molar-refractivity contribution in [2.45, 2.75) is 6.61 Å². The molecule has 0 saturated heterocycles. The second kappa shape index (κ2) is 5.23. The lowest BCUT2D eigenvalue weighted by atomic mass is 10.2. The maximum absolute atomic E-state index is 11.0. The molecule has 0 aliphatic heterocycles. The van der Waals surface area contributed by atoms with Crippen LogP contribution in [-0.2, 0) is 6.61 Å². The molecule has 0 fully saturated rings. The molecule has 0 unspecified atom stereocenters. The first-order chi connectivity index (χ1) is 8.68. The summed E-state index contributed by atoms with van der Waals surface area (Å²) in [7, 11) is 0. The monoisotopic (exact) mass is 244 g/mol. The van der Waals surface area contributed by atoms with Crippen molar-refractivity contribution in [3.63, 3.8) is 0 Å². The number of ether oxygens (including phenoxy) is 1. The molecule has 2 aromatic rings. The number of para-hydroxylation sites is 1. The van der Waals surface area contributed by atoms with E-state index < -0.39 is 5.97 Å². The summed E-state index contributed by atoms with van der Waals surface area (Å²) in [6, 6.07) is 13.6. The van der Waals surface area contributed by atoms with Crippen LogP contribution >= 0.6 is 0 Å². The standard InChI is InChI=1S/C14H12O4/c15-12-8-4-7-11(14(16)17)13(12)18-9-10-5-2-1-3-6-10/h1-8,15H,9H2,(H,16,17). The fourth-order valence-corrected chi connectivity index (χ4v) is 1.57. The molecular formula is C14H12O4. The molecule has 0 bridgehead atoms. The van der Waals surface area contributed by atoms with Gasteiger partial charge in [0.15, 0.2) is 11.5 Å². The van der Waals surface area contributed by atoms with Gasteiger partial charge in [0.05, 0.1) is 0 Å². The molecule has 4 nitrogen and oxygen atoms in total. The third-order valence-corrected chi connectivity index (χ3v) is 2.45. The van der Waals surface area contributed by atoms with Gasteiger partial charge in [-0.2, -0.15) is 0 Å². The predicted molar refractivity (Wildman–Crippen MR) is 65.8 cm³/mol. The number of aromatic hydroxyl groups is 1. The van der Waals surface area contributed by atoms with E-state index in [2.05, 4.69) is 0 Å². The average Bonchev–Trinajstić information content (AvgIpc) is 2.38. The lowest BCUT2D eigenvalue weighted by Gasteiger charge is -2.10. The van der Waals surface area contributed by atoms with E-state index in [1.165, 1.54) is 18.2 Å². The van der Waals surface area contributed by atoms with Crippen molar-refractivity contribution in [2.75, 3.05) is 0 Å². The molecule has 0 heterocycles. The van der Waals surface area contributed by atoms with E-state index in [-0.39, 0.29) is 23.7 Å². The van der Waals surface area contributed by atoms with E-state index in [4.69, 9.17) is 9.84 Å². The van der Waals surface area contributed by atoms with Crippen molar-refractivity contribution in [1.82, 2.24) is 0 Å². The minimum atomic E-state index is -1.13. The fraction of sp³-hybridized carbons (Fsp3) is 0.0714. The molecule has 2 N–H and O–H groups in total. The fourth-order valence-electron chi connectivity index (χ4n) is 1.57. The van der Waals surface area contributed by atoms with E-state index in [1.54, 1.807) is 0 Å². The van der Waals surface area contributed by atoms with Crippen LogP contribution in [0.2, 0.25) is 0 Å². The number of benzene rings is 2. The van der Waals surface area contributed by atoms with Gasteiger partial charge in [-0.3, -0.25) is 0 Å². The first-order valence-electron chi connectivity index (χ1n) is 5.40. The first-order valence-corrected chi connectivity index (χ1v) is 5.40. The summed E-state index contributed by atoms with van der Waals surface area (Å²) in [6.07, 6.45) is 0. The molecule has 2 rings (SSSR count). The van der Waals surface area contributed by atoms with Crippen LogP contribution < -0.4 is 4.74 Å². The Kier molecular flexibility index (Phi) is 3.48. The number of hydrogen-bond acceptors (Lipinski definition) is 3. The number of hydrogen-bond donors (Lipinski definition) is 2. The number of carboxylic acid groups (broad SMARTS) is 1. The van der Waals surface area contributed by atoms with Crippen molar-refractivity contribution in [2.24, 2.45) is 0 Å². The molecule has 0 aromatic heterocycles. The van der Waals surface area contributed by atoms with Gasteiger partial charge in [0.25, 0.3) is 0 Å². The first kappa shape index (κ1) is 12.0. The van der Waals surface area contributed by atoms with Crippen molar-refractivity contribution < 1.29 is 19.7 Å². The largest absolute Gasteiger partial charge is 0.504 e. The van der Waals surface area contributed by atoms with E-state index in [1.807, 2.05) is 30.3 Å². The lowest BCUT2D eigenvalue weighted by molar-refractivity contribution is 0.0690. The van der Waals surface area contributed by atoms with Crippen LogP contribution in [0.15, 0.2) is 48.5 Å². The normalized spacial score (nSPS) is 10.0. The molecule has 4 heteroatoms. The summed E-state index contributed by atoms with van der Waals surface area (Å²) >= 11 is 0. The van der Waals surface area contributed by atoms with Gasteiger partial charge >= 0.3 is 5.97 Å². The molecular weight excluding hydrogens is 232 g/mol. The highest BCUT2D eigenvalue weighted by molar-refractivity contribution is 5.91. The summed E-state index contributed by atoms with van der Waals surface area (Å²) in [6.45, 7) is 0.207. The molecule has 0 radical (unpaired) electrons. The topological polar surface area (TPSA) is 66.8 Å². The van der Waals surface area contributed by atoms with E-state index in [9.17, 15) is 9.90 Å². The highest BCUT2D eigenvalue weighted by Gasteiger charge is 2.15. The zero-order chi connectivity index (χ0) is 13.0. The molecule has 0 amide bonds. The molecule has 0 aliphatic rings. The molecule has 18 heavy (non-hydrogen) atoms. The van der Waals surface area contributed by atoms with Gasteiger partial charge in [-0.05, 0) is 17.7 Å². The lowest BCUT2D eigenvalue weighted by Crippen LogP contribution is -2.03. The Morgan fingerprint density at radius 2 is 1.78 bits per heavy atom. The Morgan fingerprint density at radius 1 is 1.06 bits per heavy atom. The predicted octanol–water partition coefficient (Wildman–Crippen LogP) is 2.67. The second-order valence-corrected chi connectivity index (χ2v) is 3.73. The second-order valence-electron chi connectivity index (χ2n) is 3.73. The number of carbonyl (C=O) groups is 1. The third kappa shape index (κ3) is 2.60. The van der Waals surface area contributed by atoms with Crippen molar-refractivity contribution in [1.29, 1.82) is 0 Å². The minimum absolute atomic E-state index is 0.00569. The van der Waals surface area contributed by atoms with Gasteiger partial charge in [-0.1, -0.05) is 36.4 Å². The molecule has 0 saturated carbocycles. The summed E-state index contributed by atoms with van der Waals surface area (Å²) in [5.41, 5.74) is 0.850. The quantitative estimate of drug-likeness (QED) is 0.867. The van der Waals surface area contributed by atoms with E-state index in [0.717, 1.165) is 5.56 Å². The van der Waals surface area contributed by atoms with Gasteiger partial charge in [0.2, 0.25) is 0 Å². The Balaban J connectivity index is 2.21. The number of carboxylic acids is 1. The number of phenols is 1. The number of rotatable bonds is 4. The summed E-state index contributed by atoms with van der Waals surface area (Å²) in [5.74, 6) is -1.31. The van der Waals surface area contributed by atoms with Gasteiger partial charge in [-0.25, -0.2) is 4.79 Å². The Morgan fingerprint density at radius 3 is 2.44 bits per heavy atom. The van der Waals surface area contributed by atoms with Crippen LogP contribution in [0.1, 0.15) is 15.9 Å². The van der Waals surface area contributed by atoms with Crippen LogP contribution in [0.5, 0.6) is 11.5 Å². The highest BCUT2D eigenvalue weighted by atomic mass is 16.5. The van der Waals surface area contributed by atoms with E-state index in [0.29, 0.717) is 0 Å². The van der Waals surface area contributed by atoms with Crippen LogP contribution in [0.25, 0.3) is 0 Å². The molecule has 0 aliphatic carbocycles. The highest BCUT2D eigenvalue weighted by Crippen LogP contribution is 2.30. The smallest absolute Gasteiger partial charge is 0.339 e. The average molecular weight is 244 g/mol. The van der Waals surface area contributed by atoms with Crippen LogP contribution in [0.4, 0.5) is 0 Å². The Bertz CT molecular complexity index is 549. The van der Waals surface area contributed by atoms with Crippen LogP contribution in [0, 0.1) is 0 Å². The number of aromatic carboxylic acids is 1. The van der Waals surface area contributed by atoms with Gasteiger partial charge < -0.3 is 14.9 Å². The van der Waals surface area contributed by atoms with Crippen LogP contribution in [0.3, 0.4) is 0 Å². The van der Waals surface area contributed by atoms with Crippen molar-refractivity contribution in [3.8, 4) is 11.5 Å².